The standard InChI is InChI=1S/C23H18N2O3/c26-21(15-25-22(27)18-11-5-6-12-19(18)23(25)28)24-20-13-7-4-10-17(20)14-16-8-2-1-3-9-16/h1-13H,14-15H2,(H,24,26). The van der Waals surface area contributed by atoms with Crippen molar-refractivity contribution < 1.29 is 14.4 Å². The number of fused-ring (bicyclic) bond motifs is 1. The molecule has 0 bridgehead atoms. The Hall–Kier alpha value is -3.73. The largest absolute Gasteiger partial charge is 0.324 e. The summed E-state index contributed by atoms with van der Waals surface area (Å²) in [6, 6.07) is 24.1. The van der Waals surface area contributed by atoms with Crippen LogP contribution in [-0.2, 0) is 11.2 Å². The number of nitrogens with zero attached hydrogens (tertiary/aromatic N) is 1. The summed E-state index contributed by atoms with van der Waals surface area (Å²) < 4.78 is 0. The molecule has 28 heavy (non-hydrogen) atoms. The average Bonchev–Trinajstić information content (AvgIpc) is 2.95. The number of imide groups is 1. The number of carbonyl (C=O) groups is 3. The van der Waals surface area contributed by atoms with E-state index in [1.807, 2.05) is 54.6 Å². The Morgan fingerprint density at radius 3 is 2.00 bits per heavy atom. The summed E-state index contributed by atoms with van der Waals surface area (Å²) in [5.41, 5.74) is 3.44. The number of benzene rings is 3. The SMILES string of the molecule is O=C(CN1C(=O)c2ccccc2C1=O)Nc1ccccc1Cc1ccccc1. The lowest BCUT2D eigenvalue weighted by Crippen LogP contribution is -2.37. The molecule has 5 nitrogen and oxygen atoms in total. The third-order valence-electron chi connectivity index (χ3n) is 4.71. The van der Waals surface area contributed by atoms with Crippen LogP contribution < -0.4 is 5.32 Å². The van der Waals surface area contributed by atoms with Gasteiger partial charge in [-0.2, -0.15) is 0 Å². The molecule has 3 aromatic rings. The molecular weight excluding hydrogens is 352 g/mol. The maximum atomic E-state index is 12.6. The van der Waals surface area contributed by atoms with Crippen LogP contribution in [0.15, 0.2) is 78.9 Å². The smallest absolute Gasteiger partial charge is 0.262 e. The second-order valence-corrected chi connectivity index (χ2v) is 6.61. The number of nitrogens with one attached hydrogen (secondary N) is 1. The van der Waals surface area contributed by atoms with Crippen molar-refractivity contribution in [2.75, 3.05) is 11.9 Å². The van der Waals surface area contributed by atoms with Crippen LogP contribution in [0.1, 0.15) is 31.8 Å². The number of rotatable bonds is 5. The number of amides is 3. The Morgan fingerprint density at radius 2 is 1.32 bits per heavy atom. The molecule has 0 unspecified atom stereocenters. The Morgan fingerprint density at radius 1 is 0.750 bits per heavy atom. The van der Waals surface area contributed by atoms with E-state index in [4.69, 9.17) is 0 Å². The Bertz CT molecular complexity index is 1030. The molecule has 3 amide bonds. The molecule has 0 aliphatic carbocycles. The van der Waals surface area contributed by atoms with Gasteiger partial charge in [-0.3, -0.25) is 19.3 Å². The predicted octanol–water partition coefficient (Wildman–Crippen LogP) is 3.51. The van der Waals surface area contributed by atoms with Crippen LogP contribution in [0.3, 0.4) is 0 Å². The molecule has 1 aliphatic heterocycles. The van der Waals surface area contributed by atoms with Gasteiger partial charge in [-0.15, -0.1) is 0 Å². The monoisotopic (exact) mass is 370 g/mol. The number of hydrogen-bond acceptors (Lipinski definition) is 3. The number of hydrogen-bond donors (Lipinski definition) is 1. The quantitative estimate of drug-likeness (QED) is 0.699. The highest BCUT2D eigenvalue weighted by molar-refractivity contribution is 6.22. The molecule has 0 radical (unpaired) electrons. The van der Waals surface area contributed by atoms with Crippen molar-refractivity contribution in [3.05, 3.63) is 101 Å². The zero-order valence-corrected chi connectivity index (χ0v) is 15.1. The lowest BCUT2D eigenvalue weighted by Gasteiger charge is -2.15. The average molecular weight is 370 g/mol. The van der Waals surface area contributed by atoms with Crippen LogP contribution in [-0.4, -0.2) is 29.2 Å². The van der Waals surface area contributed by atoms with Crippen LogP contribution in [0.5, 0.6) is 0 Å². The van der Waals surface area contributed by atoms with E-state index in [-0.39, 0.29) is 6.54 Å². The van der Waals surface area contributed by atoms with E-state index >= 15 is 0 Å². The molecule has 138 valence electrons. The van der Waals surface area contributed by atoms with Gasteiger partial charge in [0.15, 0.2) is 0 Å². The first-order valence-electron chi connectivity index (χ1n) is 9.00. The van der Waals surface area contributed by atoms with E-state index in [9.17, 15) is 14.4 Å². The van der Waals surface area contributed by atoms with Gasteiger partial charge in [0.2, 0.25) is 5.91 Å². The highest BCUT2D eigenvalue weighted by Gasteiger charge is 2.36. The van der Waals surface area contributed by atoms with Gasteiger partial charge in [-0.25, -0.2) is 0 Å². The van der Waals surface area contributed by atoms with Crippen LogP contribution in [0.2, 0.25) is 0 Å². The van der Waals surface area contributed by atoms with E-state index in [1.165, 1.54) is 0 Å². The molecule has 5 heteroatoms. The summed E-state index contributed by atoms with van der Waals surface area (Å²) in [5, 5.41) is 2.84. The summed E-state index contributed by atoms with van der Waals surface area (Å²) in [5.74, 6) is -1.28. The third-order valence-corrected chi connectivity index (χ3v) is 4.71. The van der Waals surface area contributed by atoms with E-state index in [0.717, 1.165) is 16.0 Å². The fourth-order valence-corrected chi connectivity index (χ4v) is 3.33. The van der Waals surface area contributed by atoms with Crippen LogP contribution in [0.25, 0.3) is 0 Å². The number of para-hydroxylation sites is 1. The molecule has 0 atom stereocenters. The lowest BCUT2D eigenvalue weighted by molar-refractivity contribution is -0.116. The van der Waals surface area contributed by atoms with Crippen molar-refractivity contribution in [3.8, 4) is 0 Å². The van der Waals surface area contributed by atoms with E-state index in [0.29, 0.717) is 23.2 Å². The molecule has 4 rings (SSSR count). The second-order valence-electron chi connectivity index (χ2n) is 6.61. The highest BCUT2D eigenvalue weighted by atomic mass is 16.2. The zero-order valence-electron chi connectivity index (χ0n) is 15.1. The van der Waals surface area contributed by atoms with Gasteiger partial charge in [-0.1, -0.05) is 60.7 Å². The Kier molecular flexibility index (Phi) is 4.72. The molecule has 0 fully saturated rings. The van der Waals surface area contributed by atoms with Gasteiger partial charge >= 0.3 is 0 Å². The minimum atomic E-state index is -0.437. The van der Waals surface area contributed by atoms with E-state index in [2.05, 4.69) is 5.32 Å². The van der Waals surface area contributed by atoms with Crippen molar-refractivity contribution >= 4 is 23.4 Å². The minimum absolute atomic E-state index is 0.313. The summed E-state index contributed by atoms with van der Waals surface area (Å²) >= 11 is 0. The maximum absolute atomic E-state index is 12.6. The van der Waals surface area contributed by atoms with Crippen molar-refractivity contribution in [2.24, 2.45) is 0 Å². The number of carbonyl (C=O) groups excluding carboxylic acids is 3. The van der Waals surface area contributed by atoms with E-state index in [1.54, 1.807) is 24.3 Å². The van der Waals surface area contributed by atoms with Crippen molar-refractivity contribution in [2.45, 2.75) is 6.42 Å². The molecule has 1 heterocycles. The first-order valence-corrected chi connectivity index (χ1v) is 9.00. The maximum Gasteiger partial charge on any atom is 0.262 e. The minimum Gasteiger partial charge on any atom is -0.324 e. The summed E-state index contributed by atoms with van der Waals surface area (Å²) in [6.07, 6.45) is 0.671. The molecule has 0 saturated carbocycles. The van der Waals surface area contributed by atoms with Crippen LogP contribution in [0.4, 0.5) is 5.69 Å². The normalized spacial score (nSPS) is 12.8. The lowest BCUT2D eigenvalue weighted by atomic mass is 10.0. The van der Waals surface area contributed by atoms with Crippen molar-refractivity contribution in [1.82, 2.24) is 4.90 Å². The second kappa shape index (κ2) is 7.48. The van der Waals surface area contributed by atoms with Gasteiger partial charge in [0.1, 0.15) is 6.54 Å². The van der Waals surface area contributed by atoms with Crippen molar-refractivity contribution in [3.63, 3.8) is 0 Å². The molecule has 1 aliphatic rings. The number of anilines is 1. The van der Waals surface area contributed by atoms with Crippen LogP contribution in [0, 0.1) is 0 Å². The van der Waals surface area contributed by atoms with Gasteiger partial charge in [-0.05, 0) is 35.7 Å². The van der Waals surface area contributed by atoms with Gasteiger partial charge < -0.3 is 5.32 Å². The topological polar surface area (TPSA) is 66.5 Å². The van der Waals surface area contributed by atoms with Crippen molar-refractivity contribution in [1.29, 1.82) is 0 Å². The van der Waals surface area contributed by atoms with Gasteiger partial charge in [0, 0.05) is 5.69 Å². The highest BCUT2D eigenvalue weighted by Crippen LogP contribution is 2.23. The summed E-state index contributed by atoms with van der Waals surface area (Å²) in [6.45, 7) is -0.313. The molecule has 0 spiro atoms. The fourth-order valence-electron chi connectivity index (χ4n) is 3.33. The van der Waals surface area contributed by atoms with Crippen LogP contribution >= 0.6 is 0 Å². The Labute approximate surface area is 162 Å². The summed E-state index contributed by atoms with van der Waals surface area (Å²) in [7, 11) is 0. The summed E-state index contributed by atoms with van der Waals surface area (Å²) in [4.78, 5) is 38.4. The van der Waals surface area contributed by atoms with E-state index < -0.39 is 17.7 Å². The molecule has 0 saturated heterocycles. The van der Waals surface area contributed by atoms with Gasteiger partial charge in [0.25, 0.3) is 11.8 Å². The van der Waals surface area contributed by atoms with Gasteiger partial charge in [0.05, 0.1) is 11.1 Å². The zero-order chi connectivity index (χ0) is 19.5. The first-order chi connectivity index (χ1) is 13.6. The Balaban J connectivity index is 1.48. The molecule has 0 aromatic heterocycles. The predicted molar refractivity (Wildman–Crippen MR) is 106 cm³/mol. The molecular formula is C23H18N2O3. The molecule has 1 N–H and O–H groups in total. The first kappa shape index (κ1) is 17.7. The molecule has 3 aromatic carbocycles. The third kappa shape index (κ3) is 3.42. The fraction of sp³-hybridized carbons (Fsp3) is 0.0870.